The average molecular weight is 219 g/mol. The lowest BCUT2D eigenvalue weighted by atomic mass is 9.95. The standard InChI is InChI=1S/C14H21NO/c1-12-8-9-15(11-14(12)16-2)10-13-6-4-3-5-7-13/h3-7,12,14H,8-11H2,1-2H3. The van der Waals surface area contributed by atoms with Crippen LogP contribution >= 0.6 is 0 Å². The Morgan fingerprint density at radius 1 is 1.31 bits per heavy atom. The molecular weight excluding hydrogens is 198 g/mol. The van der Waals surface area contributed by atoms with Crippen LogP contribution in [0.3, 0.4) is 0 Å². The Morgan fingerprint density at radius 2 is 2.06 bits per heavy atom. The van der Waals surface area contributed by atoms with Crippen LogP contribution in [0.25, 0.3) is 0 Å². The zero-order chi connectivity index (χ0) is 11.4. The lowest BCUT2D eigenvalue weighted by molar-refractivity contribution is -0.00744. The fraction of sp³-hybridized carbons (Fsp3) is 0.571. The molecule has 88 valence electrons. The second-order valence-corrected chi connectivity index (χ2v) is 4.76. The fourth-order valence-corrected chi connectivity index (χ4v) is 2.39. The van der Waals surface area contributed by atoms with E-state index < -0.39 is 0 Å². The molecule has 0 spiro atoms. The molecule has 0 saturated carbocycles. The van der Waals surface area contributed by atoms with Crippen LogP contribution in [0.4, 0.5) is 0 Å². The topological polar surface area (TPSA) is 12.5 Å². The third-order valence-electron chi connectivity index (χ3n) is 3.53. The first-order chi connectivity index (χ1) is 7.79. The second kappa shape index (κ2) is 5.46. The number of methoxy groups -OCH3 is 1. The number of ether oxygens (including phenoxy) is 1. The molecule has 0 amide bonds. The second-order valence-electron chi connectivity index (χ2n) is 4.76. The van der Waals surface area contributed by atoms with Gasteiger partial charge in [-0.2, -0.15) is 0 Å². The summed E-state index contributed by atoms with van der Waals surface area (Å²) >= 11 is 0. The van der Waals surface area contributed by atoms with E-state index in [0.717, 1.165) is 13.1 Å². The van der Waals surface area contributed by atoms with Crippen LogP contribution in [0, 0.1) is 5.92 Å². The number of likely N-dealkylation sites (tertiary alicyclic amines) is 1. The van der Waals surface area contributed by atoms with Gasteiger partial charge in [-0.05, 0) is 24.4 Å². The SMILES string of the molecule is COC1CN(Cc2ccccc2)CCC1C. The average Bonchev–Trinajstić information content (AvgIpc) is 2.33. The van der Waals surface area contributed by atoms with Gasteiger partial charge in [0.05, 0.1) is 6.10 Å². The van der Waals surface area contributed by atoms with Crippen LogP contribution in [0.15, 0.2) is 30.3 Å². The summed E-state index contributed by atoms with van der Waals surface area (Å²) in [5.74, 6) is 0.692. The van der Waals surface area contributed by atoms with Crippen LogP contribution in [-0.4, -0.2) is 31.2 Å². The van der Waals surface area contributed by atoms with Gasteiger partial charge in [0.1, 0.15) is 0 Å². The van der Waals surface area contributed by atoms with Gasteiger partial charge in [-0.1, -0.05) is 37.3 Å². The number of hydrogen-bond donors (Lipinski definition) is 0. The van der Waals surface area contributed by atoms with Gasteiger partial charge in [-0.25, -0.2) is 0 Å². The minimum Gasteiger partial charge on any atom is -0.380 e. The van der Waals surface area contributed by atoms with Gasteiger partial charge in [0, 0.05) is 20.2 Å². The Balaban J connectivity index is 1.92. The normalized spacial score (nSPS) is 26.9. The van der Waals surface area contributed by atoms with E-state index in [1.54, 1.807) is 0 Å². The van der Waals surface area contributed by atoms with Gasteiger partial charge >= 0.3 is 0 Å². The summed E-state index contributed by atoms with van der Waals surface area (Å²) in [6.07, 6.45) is 1.64. The maximum absolute atomic E-state index is 5.53. The first-order valence-corrected chi connectivity index (χ1v) is 6.08. The zero-order valence-corrected chi connectivity index (χ0v) is 10.2. The molecule has 0 aromatic heterocycles. The Hall–Kier alpha value is -0.860. The number of nitrogens with zero attached hydrogens (tertiary/aromatic N) is 1. The van der Waals surface area contributed by atoms with Crippen LogP contribution in [0.2, 0.25) is 0 Å². The van der Waals surface area contributed by atoms with Crippen LogP contribution in [0.1, 0.15) is 18.9 Å². The minimum absolute atomic E-state index is 0.400. The predicted molar refractivity (Wildman–Crippen MR) is 66.3 cm³/mol. The van der Waals surface area contributed by atoms with E-state index in [2.05, 4.69) is 42.2 Å². The highest BCUT2D eigenvalue weighted by Crippen LogP contribution is 2.20. The highest BCUT2D eigenvalue weighted by molar-refractivity contribution is 5.14. The summed E-state index contributed by atoms with van der Waals surface area (Å²) in [7, 11) is 1.83. The lowest BCUT2D eigenvalue weighted by Crippen LogP contribution is -2.43. The van der Waals surface area contributed by atoms with Crippen molar-refractivity contribution in [1.29, 1.82) is 0 Å². The molecule has 2 nitrogen and oxygen atoms in total. The van der Waals surface area contributed by atoms with E-state index in [1.165, 1.54) is 18.5 Å². The molecule has 0 bridgehead atoms. The van der Waals surface area contributed by atoms with E-state index in [9.17, 15) is 0 Å². The van der Waals surface area contributed by atoms with Gasteiger partial charge in [-0.3, -0.25) is 4.90 Å². The molecule has 2 heteroatoms. The van der Waals surface area contributed by atoms with Gasteiger partial charge in [0.2, 0.25) is 0 Å². The molecule has 1 aromatic rings. The molecule has 2 atom stereocenters. The van der Waals surface area contributed by atoms with Crippen molar-refractivity contribution >= 4 is 0 Å². The third-order valence-corrected chi connectivity index (χ3v) is 3.53. The van der Waals surface area contributed by atoms with E-state index in [1.807, 2.05) is 7.11 Å². The monoisotopic (exact) mass is 219 g/mol. The number of rotatable bonds is 3. The largest absolute Gasteiger partial charge is 0.380 e. The number of benzene rings is 1. The smallest absolute Gasteiger partial charge is 0.0724 e. The summed E-state index contributed by atoms with van der Waals surface area (Å²) in [6.45, 7) is 5.59. The maximum Gasteiger partial charge on any atom is 0.0724 e. The van der Waals surface area contributed by atoms with E-state index in [0.29, 0.717) is 12.0 Å². The Labute approximate surface area is 98.2 Å². The Kier molecular flexibility index (Phi) is 3.97. The molecule has 1 aromatic carbocycles. The summed E-state index contributed by atoms with van der Waals surface area (Å²) in [5, 5.41) is 0. The quantitative estimate of drug-likeness (QED) is 0.774. The van der Waals surface area contributed by atoms with Crippen molar-refractivity contribution in [3.63, 3.8) is 0 Å². The van der Waals surface area contributed by atoms with Crippen molar-refractivity contribution in [1.82, 2.24) is 4.90 Å². The Morgan fingerprint density at radius 3 is 2.75 bits per heavy atom. The molecule has 0 radical (unpaired) electrons. The van der Waals surface area contributed by atoms with Gasteiger partial charge in [0.15, 0.2) is 0 Å². The van der Waals surface area contributed by atoms with Gasteiger partial charge in [-0.15, -0.1) is 0 Å². The van der Waals surface area contributed by atoms with E-state index >= 15 is 0 Å². The van der Waals surface area contributed by atoms with Crippen LogP contribution < -0.4 is 0 Å². The highest BCUT2D eigenvalue weighted by Gasteiger charge is 2.25. The van der Waals surface area contributed by atoms with E-state index in [-0.39, 0.29) is 0 Å². The van der Waals surface area contributed by atoms with Gasteiger partial charge in [0.25, 0.3) is 0 Å². The molecule has 1 aliphatic rings. The van der Waals surface area contributed by atoms with Crippen molar-refractivity contribution in [2.24, 2.45) is 5.92 Å². The summed E-state index contributed by atoms with van der Waals surface area (Å²) in [5.41, 5.74) is 1.40. The molecule has 1 aliphatic heterocycles. The first-order valence-electron chi connectivity index (χ1n) is 6.08. The summed E-state index contributed by atoms with van der Waals surface area (Å²) < 4.78 is 5.53. The maximum atomic E-state index is 5.53. The molecule has 1 heterocycles. The number of piperidine rings is 1. The zero-order valence-electron chi connectivity index (χ0n) is 10.2. The van der Waals surface area contributed by atoms with Crippen molar-refractivity contribution in [2.75, 3.05) is 20.2 Å². The molecule has 1 fully saturated rings. The van der Waals surface area contributed by atoms with Crippen molar-refractivity contribution in [3.8, 4) is 0 Å². The lowest BCUT2D eigenvalue weighted by Gasteiger charge is -2.36. The number of hydrogen-bond acceptors (Lipinski definition) is 2. The molecule has 2 rings (SSSR count). The molecule has 1 saturated heterocycles. The summed E-state index contributed by atoms with van der Waals surface area (Å²) in [6, 6.07) is 10.7. The van der Waals surface area contributed by atoms with Crippen LogP contribution in [-0.2, 0) is 11.3 Å². The molecule has 0 aliphatic carbocycles. The van der Waals surface area contributed by atoms with Crippen molar-refractivity contribution in [2.45, 2.75) is 26.0 Å². The Bertz CT molecular complexity index is 312. The molecular formula is C14H21NO. The molecule has 2 unspecified atom stereocenters. The first kappa shape index (κ1) is 11.6. The highest BCUT2D eigenvalue weighted by atomic mass is 16.5. The van der Waals surface area contributed by atoms with Crippen molar-refractivity contribution < 1.29 is 4.74 Å². The fourth-order valence-electron chi connectivity index (χ4n) is 2.39. The van der Waals surface area contributed by atoms with Gasteiger partial charge < -0.3 is 4.74 Å². The molecule has 0 N–H and O–H groups in total. The summed E-state index contributed by atoms with van der Waals surface area (Å²) in [4.78, 5) is 2.49. The minimum atomic E-state index is 0.400. The van der Waals surface area contributed by atoms with Crippen LogP contribution in [0.5, 0.6) is 0 Å². The predicted octanol–water partition coefficient (Wildman–Crippen LogP) is 2.54. The molecule has 16 heavy (non-hydrogen) atoms. The van der Waals surface area contributed by atoms with E-state index in [4.69, 9.17) is 4.74 Å². The third kappa shape index (κ3) is 2.83. The van der Waals surface area contributed by atoms with Crippen molar-refractivity contribution in [3.05, 3.63) is 35.9 Å².